The van der Waals surface area contributed by atoms with E-state index in [1.165, 1.54) is 0 Å². The first-order valence-electron chi connectivity index (χ1n) is 5.03. The fourth-order valence-electron chi connectivity index (χ4n) is 2.15. The van der Waals surface area contributed by atoms with E-state index in [4.69, 9.17) is 0 Å². The Morgan fingerprint density at radius 1 is 1.29 bits per heavy atom. The molecule has 0 heterocycles. The molecular formula is C12H14O2. The molecule has 1 aliphatic rings. The van der Waals surface area contributed by atoms with E-state index < -0.39 is 5.60 Å². The molecule has 1 fully saturated rings. The normalized spacial score (nSPS) is 19.5. The number of hydrogen-bond donors (Lipinski definition) is 1. The fraction of sp³-hybridized carbons (Fsp3) is 0.417. The van der Waals surface area contributed by atoms with Gasteiger partial charge in [-0.3, -0.25) is 4.79 Å². The molecule has 0 amide bonds. The van der Waals surface area contributed by atoms with Crippen LogP contribution in [0.2, 0.25) is 0 Å². The second-order valence-electron chi connectivity index (χ2n) is 3.98. The highest BCUT2D eigenvalue weighted by molar-refractivity contribution is 5.75. The van der Waals surface area contributed by atoms with Gasteiger partial charge in [0.25, 0.3) is 0 Å². The van der Waals surface area contributed by atoms with Gasteiger partial charge in [-0.2, -0.15) is 0 Å². The van der Waals surface area contributed by atoms with Crippen molar-refractivity contribution >= 4 is 6.29 Å². The van der Waals surface area contributed by atoms with Crippen LogP contribution in [0.5, 0.6) is 0 Å². The van der Waals surface area contributed by atoms with Gasteiger partial charge in [-0.15, -0.1) is 0 Å². The minimum Gasteiger partial charge on any atom is -0.385 e. The van der Waals surface area contributed by atoms with Gasteiger partial charge in [0.2, 0.25) is 0 Å². The van der Waals surface area contributed by atoms with Crippen LogP contribution in [-0.2, 0) is 5.60 Å². The van der Waals surface area contributed by atoms with E-state index >= 15 is 0 Å². The first kappa shape index (κ1) is 9.41. The van der Waals surface area contributed by atoms with E-state index in [0.717, 1.165) is 37.5 Å². The van der Waals surface area contributed by atoms with Crippen LogP contribution >= 0.6 is 0 Å². The van der Waals surface area contributed by atoms with E-state index in [9.17, 15) is 9.90 Å². The zero-order valence-electron chi connectivity index (χ0n) is 8.07. The minimum atomic E-state index is -0.682. The predicted molar refractivity (Wildman–Crippen MR) is 54.2 cm³/mol. The third kappa shape index (κ3) is 1.58. The van der Waals surface area contributed by atoms with Crippen molar-refractivity contribution in [1.82, 2.24) is 0 Å². The lowest BCUT2D eigenvalue weighted by Crippen LogP contribution is -2.20. The summed E-state index contributed by atoms with van der Waals surface area (Å²) in [6.45, 7) is 0. The van der Waals surface area contributed by atoms with Crippen LogP contribution in [0.4, 0.5) is 0 Å². The van der Waals surface area contributed by atoms with Crippen molar-refractivity contribution < 1.29 is 9.90 Å². The number of carbonyl (C=O) groups excluding carboxylic acids is 1. The molecule has 0 aliphatic heterocycles. The minimum absolute atomic E-state index is 0.642. The van der Waals surface area contributed by atoms with Gasteiger partial charge in [-0.05, 0) is 24.5 Å². The molecule has 2 nitrogen and oxygen atoms in total. The van der Waals surface area contributed by atoms with Gasteiger partial charge in [-0.1, -0.05) is 31.0 Å². The monoisotopic (exact) mass is 190 g/mol. The number of aldehydes is 1. The van der Waals surface area contributed by atoms with Crippen LogP contribution in [0, 0.1) is 0 Å². The van der Waals surface area contributed by atoms with Crippen LogP contribution in [0.3, 0.4) is 0 Å². The fourth-order valence-corrected chi connectivity index (χ4v) is 2.15. The van der Waals surface area contributed by atoms with E-state index in [1.54, 1.807) is 12.1 Å². The summed E-state index contributed by atoms with van der Waals surface area (Å²) >= 11 is 0. The summed E-state index contributed by atoms with van der Waals surface area (Å²) in [4.78, 5) is 10.6. The Labute approximate surface area is 83.6 Å². The van der Waals surface area contributed by atoms with Crippen LogP contribution < -0.4 is 0 Å². The maximum atomic E-state index is 10.6. The van der Waals surface area contributed by atoms with Gasteiger partial charge in [0.1, 0.15) is 6.29 Å². The van der Waals surface area contributed by atoms with Gasteiger partial charge in [-0.25, -0.2) is 0 Å². The van der Waals surface area contributed by atoms with Crippen molar-refractivity contribution in [2.75, 3.05) is 0 Å². The van der Waals surface area contributed by atoms with E-state index in [2.05, 4.69) is 0 Å². The first-order valence-corrected chi connectivity index (χ1v) is 5.03. The average Bonchev–Trinajstić information content (AvgIpc) is 2.67. The number of carbonyl (C=O) groups is 1. The van der Waals surface area contributed by atoms with Crippen molar-refractivity contribution in [1.29, 1.82) is 0 Å². The highest BCUT2D eigenvalue weighted by Crippen LogP contribution is 2.38. The molecule has 0 atom stereocenters. The molecule has 0 radical (unpaired) electrons. The highest BCUT2D eigenvalue weighted by Gasteiger charge is 2.32. The van der Waals surface area contributed by atoms with E-state index in [0.29, 0.717) is 5.56 Å². The Bertz CT molecular complexity index is 338. The van der Waals surface area contributed by atoms with Gasteiger partial charge in [0, 0.05) is 5.56 Å². The number of benzene rings is 1. The Balaban J connectivity index is 2.35. The molecule has 14 heavy (non-hydrogen) atoms. The number of aliphatic hydroxyl groups is 1. The SMILES string of the molecule is O=Cc1cccc(C2(O)CCCC2)c1. The largest absolute Gasteiger partial charge is 0.385 e. The molecule has 1 saturated carbocycles. The second kappa shape index (κ2) is 3.54. The topological polar surface area (TPSA) is 37.3 Å². The molecule has 1 aromatic carbocycles. The van der Waals surface area contributed by atoms with Crippen molar-refractivity contribution in [2.24, 2.45) is 0 Å². The summed E-state index contributed by atoms with van der Waals surface area (Å²) in [6.07, 6.45) is 4.59. The van der Waals surface area contributed by atoms with Crippen LogP contribution in [0.1, 0.15) is 41.6 Å². The summed E-state index contributed by atoms with van der Waals surface area (Å²) in [5.41, 5.74) is 0.848. The Kier molecular flexibility index (Phi) is 2.38. The van der Waals surface area contributed by atoms with Gasteiger partial charge in [0.05, 0.1) is 5.60 Å². The average molecular weight is 190 g/mol. The maximum Gasteiger partial charge on any atom is 0.150 e. The van der Waals surface area contributed by atoms with Crippen molar-refractivity contribution in [3.05, 3.63) is 35.4 Å². The van der Waals surface area contributed by atoms with Gasteiger partial charge >= 0.3 is 0 Å². The van der Waals surface area contributed by atoms with Crippen molar-refractivity contribution in [2.45, 2.75) is 31.3 Å². The molecule has 2 rings (SSSR count). The van der Waals surface area contributed by atoms with E-state index in [-0.39, 0.29) is 0 Å². The van der Waals surface area contributed by atoms with Gasteiger partial charge in [0.15, 0.2) is 0 Å². The van der Waals surface area contributed by atoms with E-state index in [1.807, 2.05) is 12.1 Å². The predicted octanol–water partition coefficient (Wildman–Crippen LogP) is 2.26. The molecule has 0 unspecified atom stereocenters. The standard InChI is InChI=1S/C12H14O2/c13-9-10-4-3-5-11(8-10)12(14)6-1-2-7-12/h3-5,8-9,14H,1-2,6-7H2. The summed E-state index contributed by atoms with van der Waals surface area (Å²) in [7, 11) is 0. The molecule has 0 spiro atoms. The number of hydrogen-bond acceptors (Lipinski definition) is 2. The summed E-state index contributed by atoms with van der Waals surface area (Å²) < 4.78 is 0. The lowest BCUT2D eigenvalue weighted by Gasteiger charge is -2.22. The molecule has 0 saturated heterocycles. The summed E-state index contributed by atoms with van der Waals surface area (Å²) in [5, 5.41) is 10.3. The lowest BCUT2D eigenvalue weighted by molar-refractivity contribution is 0.0444. The first-order chi connectivity index (χ1) is 6.74. The molecule has 1 aromatic rings. The van der Waals surface area contributed by atoms with Crippen molar-refractivity contribution in [3.8, 4) is 0 Å². The molecule has 1 N–H and O–H groups in total. The molecule has 1 aliphatic carbocycles. The zero-order chi connectivity index (χ0) is 10.0. The summed E-state index contributed by atoms with van der Waals surface area (Å²) in [5.74, 6) is 0. The third-order valence-corrected chi connectivity index (χ3v) is 2.99. The molecule has 0 aromatic heterocycles. The molecule has 2 heteroatoms. The van der Waals surface area contributed by atoms with Gasteiger partial charge < -0.3 is 5.11 Å². The Morgan fingerprint density at radius 3 is 2.64 bits per heavy atom. The number of rotatable bonds is 2. The summed E-state index contributed by atoms with van der Waals surface area (Å²) in [6, 6.07) is 7.28. The molecular weight excluding hydrogens is 176 g/mol. The molecule has 74 valence electrons. The van der Waals surface area contributed by atoms with Crippen molar-refractivity contribution in [3.63, 3.8) is 0 Å². The zero-order valence-corrected chi connectivity index (χ0v) is 8.07. The Morgan fingerprint density at radius 2 is 2.00 bits per heavy atom. The Hall–Kier alpha value is -1.15. The van der Waals surface area contributed by atoms with Crippen LogP contribution in [-0.4, -0.2) is 11.4 Å². The second-order valence-corrected chi connectivity index (χ2v) is 3.98. The van der Waals surface area contributed by atoms with Crippen LogP contribution in [0.25, 0.3) is 0 Å². The smallest absolute Gasteiger partial charge is 0.150 e. The highest BCUT2D eigenvalue weighted by atomic mass is 16.3. The maximum absolute atomic E-state index is 10.6. The molecule has 0 bridgehead atoms. The lowest BCUT2D eigenvalue weighted by atomic mass is 9.91. The third-order valence-electron chi connectivity index (χ3n) is 2.99. The quantitative estimate of drug-likeness (QED) is 0.726. The van der Waals surface area contributed by atoms with Crippen LogP contribution in [0.15, 0.2) is 24.3 Å².